The first-order chi connectivity index (χ1) is 14.4. The molecular weight excluding hydrogens is 376 g/mol. The number of nitrogens with zero attached hydrogens (tertiary/aromatic N) is 2. The molecule has 0 radical (unpaired) electrons. The Morgan fingerprint density at radius 3 is 2.50 bits per heavy atom. The zero-order valence-electron chi connectivity index (χ0n) is 17.5. The third kappa shape index (κ3) is 4.27. The first-order valence-electron chi connectivity index (χ1n) is 10.3. The molecule has 154 valence electrons. The fourth-order valence-corrected chi connectivity index (χ4v) is 3.46. The fourth-order valence-electron chi connectivity index (χ4n) is 3.46. The van der Waals surface area contributed by atoms with Crippen LogP contribution in [0.4, 0.5) is 5.69 Å². The second kappa shape index (κ2) is 8.14. The van der Waals surface area contributed by atoms with Crippen LogP contribution >= 0.6 is 0 Å². The molecule has 1 aromatic heterocycles. The summed E-state index contributed by atoms with van der Waals surface area (Å²) in [4.78, 5) is 24.7. The molecule has 6 heteroatoms. The standard InChI is InChI=1S/C24H26N4O2/c1-15-5-4-6-21(13-15)28-17(3)22(14-25-28)24(30)26-16(2)18-9-11-20(12-10-18)27-23(29)19-7-8-19/h4-6,9-14,16,19H,7-8H2,1-3H3,(H,26,30)(H,27,29). The van der Waals surface area contributed by atoms with Crippen molar-refractivity contribution in [3.8, 4) is 5.69 Å². The Morgan fingerprint density at radius 2 is 1.83 bits per heavy atom. The van der Waals surface area contributed by atoms with Gasteiger partial charge in [0.1, 0.15) is 0 Å². The summed E-state index contributed by atoms with van der Waals surface area (Å²) in [5, 5.41) is 10.4. The zero-order valence-corrected chi connectivity index (χ0v) is 17.5. The Bertz CT molecular complexity index is 1080. The Labute approximate surface area is 176 Å². The Morgan fingerprint density at radius 1 is 1.10 bits per heavy atom. The molecule has 3 aromatic rings. The van der Waals surface area contributed by atoms with E-state index in [2.05, 4.69) is 15.7 Å². The van der Waals surface area contributed by atoms with E-state index in [0.717, 1.165) is 41.0 Å². The molecule has 0 saturated heterocycles. The van der Waals surface area contributed by atoms with Crippen LogP contribution in [0.3, 0.4) is 0 Å². The van der Waals surface area contributed by atoms with Gasteiger partial charge in [0.05, 0.1) is 29.2 Å². The highest BCUT2D eigenvalue weighted by molar-refractivity contribution is 5.95. The maximum absolute atomic E-state index is 12.8. The molecule has 4 rings (SSSR count). The van der Waals surface area contributed by atoms with Crippen LogP contribution in [0.15, 0.2) is 54.7 Å². The van der Waals surface area contributed by atoms with Gasteiger partial charge < -0.3 is 10.6 Å². The molecule has 1 aliphatic carbocycles. The van der Waals surface area contributed by atoms with Gasteiger partial charge in [-0.05, 0) is 69.0 Å². The van der Waals surface area contributed by atoms with Crippen LogP contribution in [0.1, 0.15) is 53.0 Å². The van der Waals surface area contributed by atoms with Crippen molar-refractivity contribution in [1.29, 1.82) is 0 Å². The van der Waals surface area contributed by atoms with Crippen LogP contribution in [-0.2, 0) is 4.79 Å². The maximum atomic E-state index is 12.8. The summed E-state index contributed by atoms with van der Waals surface area (Å²) in [7, 11) is 0. The minimum absolute atomic E-state index is 0.0881. The maximum Gasteiger partial charge on any atom is 0.255 e. The lowest BCUT2D eigenvalue weighted by Crippen LogP contribution is -2.27. The van der Waals surface area contributed by atoms with E-state index in [-0.39, 0.29) is 23.8 Å². The summed E-state index contributed by atoms with van der Waals surface area (Å²) in [5.41, 5.74) is 5.17. The molecule has 30 heavy (non-hydrogen) atoms. The van der Waals surface area contributed by atoms with E-state index in [1.165, 1.54) is 0 Å². The van der Waals surface area contributed by atoms with Crippen LogP contribution in [0, 0.1) is 19.8 Å². The summed E-state index contributed by atoms with van der Waals surface area (Å²) < 4.78 is 1.78. The highest BCUT2D eigenvalue weighted by Gasteiger charge is 2.29. The summed E-state index contributed by atoms with van der Waals surface area (Å²) >= 11 is 0. The first kappa shape index (κ1) is 19.9. The molecule has 2 N–H and O–H groups in total. The molecular formula is C24H26N4O2. The molecule has 0 bridgehead atoms. The average Bonchev–Trinajstić information content (AvgIpc) is 3.50. The van der Waals surface area contributed by atoms with Gasteiger partial charge in [-0.15, -0.1) is 0 Å². The fraction of sp³-hybridized carbons (Fsp3) is 0.292. The number of anilines is 1. The second-order valence-corrected chi connectivity index (χ2v) is 7.98. The number of hydrogen-bond donors (Lipinski definition) is 2. The molecule has 1 heterocycles. The topological polar surface area (TPSA) is 76.0 Å². The molecule has 0 aliphatic heterocycles. The minimum Gasteiger partial charge on any atom is -0.345 e. The number of nitrogens with one attached hydrogen (secondary N) is 2. The number of hydrogen-bond acceptors (Lipinski definition) is 3. The number of benzene rings is 2. The van der Waals surface area contributed by atoms with E-state index < -0.39 is 0 Å². The molecule has 2 amide bonds. The van der Waals surface area contributed by atoms with E-state index in [9.17, 15) is 9.59 Å². The van der Waals surface area contributed by atoms with Gasteiger partial charge in [0, 0.05) is 11.6 Å². The smallest absolute Gasteiger partial charge is 0.255 e. The predicted octanol–water partition coefficient (Wildman–Crippen LogP) is 4.33. The molecule has 1 aliphatic rings. The van der Waals surface area contributed by atoms with Crippen LogP contribution < -0.4 is 10.6 Å². The monoisotopic (exact) mass is 402 g/mol. The molecule has 1 saturated carbocycles. The van der Waals surface area contributed by atoms with Gasteiger partial charge in [-0.1, -0.05) is 24.3 Å². The van der Waals surface area contributed by atoms with Gasteiger partial charge in [0.25, 0.3) is 5.91 Å². The van der Waals surface area contributed by atoms with Crippen molar-refractivity contribution in [2.75, 3.05) is 5.32 Å². The summed E-state index contributed by atoms with van der Waals surface area (Å²) in [6, 6.07) is 15.4. The van der Waals surface area contributed by atoms with Crippen molar-refractivity contribution in [1.82, 2.24) is 15.1 Å². The number of rotatable bonds is 6. The van der Waals surface area contributed by atoms with Crippen LogP contribution in [0.5, 0.6) is 0 Å². The first-order valence-corrected chi connectivity index (χ1v) is 10.3. The van der Waals surface area contributed by atoms with Crippen molar-refractivity contribution in [2.24, 2.45) is 5.92 Å². The van der Waals surface area contributed by atoms with E-state index in [1.807, 2.05) is 69.3 Å². The number of carbonyl (C=O) groups excluding carboxylic acids is 2. The van der Waals surface area contributed by atoms with Crippen molar-refractivity contribution in [2.45, 2.75) is 39.7 Å². The molecule has 1 fully saturated rings. The lowest BCUT2D eigenvalue weighted by molar-refractivity contribution is -0.117. The van der Waals surface area contributed by atoms with Crippen molar-refractivity contribution in [3.05, 3.63) is 77.1 Å². The molecule has 1 atom stereocenters. The zero-order chi connectivity index (χ0) is 21.3. The van der Waals surface area contributed by atoms with Gasteiger partial charge in [-0.25, -0.2) is 4.68 Å². The predicted molar refractivity (Wildman–Crippen MR) is 117 cm³/mol. The normalized spacial score (nSPS) is 14.2. The van der Waals surface area contributed by atoms with Gasteiger partial charge in [0.2, 0.25) is 5.91 Å². The number of amides is 2. The van der Waals surface area contributed by atoms with Gasteiger partial charge in [0.15, 0.2) is 0 Å². The minimum atomic E-state index is -0.174. The third-order valence-corrected chi connectivity index (χ3v) is 5.47. The lowest BCUT2D eigenvalue weighted by atomic mass is 10.1. The lowest BCUT2D eigenvalue weighted by Gasteiger charge is -2.15. The van der Waals surface area contributed by atoms with E-state index >= 15 is 0 Å². The summed E-state index contributed by atoms with van der Waals surface area (Å²) in [6.45, 7) is 5.86. The second-order valence-electron chi connectivity index (χ2n) is 7.98. The van der Waals surface area contributed by atoms with Crippen LogP contribution in [0.25, 0.3) is 5.69 Å². The Hall–Kier alpha value is -3.41. The summed E-state index contributed by atoms with van der Waals surface area (Å²) in [5.74, 6) is 0.0991. The molecule has 0 spiro atoms. The summed E-state index contributed by atoms with van der Waals surface area (Å²) in [6.07, 6.45) is 3.57. The number of aryl methyl sites for hydroxylation is 1. The molecule has 2 aromatic carbocycles. The van der Waals surface area contributed by atoms with Crippen molar-refractivity contribution >= 4 is 17.5 Å². The van der Waals surface area contributed by atoms with Crippen molar-refractivity contribution in [3.63, 3.8) is 0 Å². The van der Waals surface area contributed by atoms with Gasteiger partial charge in [-0.2, -0.15) is 5.10 Å². The van der Waals surface area contributed by atoms with Gasteiger partial charge in [-0.3, -0.25) is 9.59 Å². The van der Waals surface area contributed by atoms with Crippen molar-refractivity contribution < 1.29 is 9.59 Å². The van der Waals surface area contributed by atoms with Crippen LogP contribution in [0.2, 0.25) is 0 Å². The Balaban J connectivity index is 1.43. The largest absolute Gasteiger partial charge is 0.345 e. The number of aromatic nitrogens is 2. The third-order valence-electron chi connectivity index (χ3n) is 5.47. The van der Waals surface area contributed by atoms with E-state index in [0.29, 0.717) is 5.56 Å². The number of carbonyl (C=O) groups is 2. The highest BCUT2D eigenvalue weighted by Crippen LogP contribution is 2.30. The SMILES string of the molecule is Cc1cccc(-n2ncc(C(=O)NC(C)c3ccc(NC(=O)C4CC4)cc3)c2C)c1. The van der Waals surface area contributed by atoms with Crippen LogP contribution in [-0.4, -0.2) is 21.6 Å². The molecule has 1 unspecified atom stereocenters. The highest BCUT2D eigenvalue weighted by atomic mass is 16.2. The Kier molecular flexibility index (Phi) is 5.40. The average molecular weight is 402 g/mol. The van der Waals surface area contributed by atoms with Gasteiger partial charge >= 0.3 is 0 Å². The van der Waals surface area contributed by atoms with E-state index in [1.54, 1.807) is 10.9 Å². The quantitative estimate of drug-likeness (QED) is 0.644. The van der Waals surface area contributed by atoms with E-state index in [4.69, 9.17) is 0 Å². The molecule has 6 nitrogen and oxygen atoms in total.